The largest absolute Gasteiger partial charge is 0.486 e. The van der Waals surface area contributed by atoms with Crippen molar-refractivity contribution in [2.45, 2.75) is 19.1 Å². The lowest BCUT2D eigenvalue weighted by Crippen LogP contribution is -2.41. The Morgan fingerprint density at radius 1 is 1.43 bits per heavy atom. The van der Waals surface area contributed by atoms with Crippen molar-refractivity contribution in [3.05, 3.63) is 44.0 Å². The molecule has 21 heavy (non-hydrogen) atoms. The Hall–Kier alpha value is -0.750. The summed E-state index contributed by atoms with van der Waals surface area (Å²) in [6.07, 6.45) is -0.0820. The third-order valence-electron chi connectivity index (χ3n) is 3.30. The van der Waals surface area contributed by atoms with Crippen LogP contribution in [-0.4, -0.2) is 19.3 Å². The lowest BCUT2D eigenvalue weighted by atomic mass is 10.1. The summed E-state index contributed by atoms with van der Waals surface area (Å²) in [5.41, 5.74) is 0. The van der Waals surface area contributed by atoms with Crippen LogP contribution in [0.15, 0.2) is 34.1 Å². The highest BCUT2D eigenvalue weighted by molar-refractivity contribution is 9.11. The highest BCUT2D eigenvalue weighted by Crippen LogP contribution is 2.39. The highest BCUT2D eigenvalue weighted by atomic mass is 79.9. The number of fused-ring (bicyclic) bond motifs is 1. The van der Waals surface area contributed by atoms with E-state index < -0.39 is 0 Å². The molecule has 0 saturated heterocycles. The van der Waals surface area contributed by atoms with Gasteiger partial charge in [-0.25, -0.2) is 0 Å². The summed E-state index contributed by atoms with van der Waals surface area (Å²) in [7, 11) is 0. The first kappa shape index (κ1) is 15.2. The van der Waals surface area contributed by atoms with Gasteiger partial charge in [-0.2, -0.15) is 0 Å². The van der Waals surface area contributed by atoms with E-state index in [4.69, 9.17) is 21.1 Å². The number of likely N-dealkylation sites (N-methyl/N-ethyl adjacent to an activating group) is 1. The van der Waals surface area contributed by atoms with Crippen molar-refractivity contribution in [3.8, 4) is 11.5 Å². The summed E-state index contributed by atoms with van der Waals surface area (Å²) in [5.74, 6) is 1.59. The van der Waals surface area contributed by atoms with Crippen LogP contribution in [0, 0.1) is 0 Å². The number of rotatable bonds is 4. The molecule has 1 N–H and O–H groups in total. The molecular formula is C15H15BrClNO2S. The van der Waals surface area contributed by atoms with E-state index in [1.807, 2.05) is 30.3 Å². The van der Waals surface area contributed by atoms with E-state index in [0.29, 0.717) is 6.61 Å². The predicted octanol–water partition coefficient (Wildman–Crippen LogP) is 4.65. The Morgan fingerprint density at radius 3 is 2.86 bits per heavy atom. The molecule has 1 aromatic carbocycles. The molecule has 2 aromatic rings. The molecule has 112 valence electrons. The number of ether oxygens (including phenoxy) is 2. The Bertz CT molecular complexity index is 614. The zero-order chi connectivity index (χ0) is 14.8. The minimum Gasteiger partial charge on any atom is -0.486 e. The zero-order valence-corrected chi connectivity index (χ0v) is 14.6. The minimum atomic E-state index is -0.0820. The van der Waals surface area contributed by atoms with E-state index >= 15 is 0 Å². The molecule has 0 amide bonds. The van der Waals surface area contributed by atoms with Crippen molar-refractivity contribution < 1.29 is 9.47 Å². The van der Waals surface area contributed by atoms with Crippen LogP contribution in [0.1, 0.15) is 17.8 Å². The average molecular weight is 389 g/mol. The van der Waals surface area contributed by atoms with Gasteiger partial charge in [0.1, 0.15) is 6.61 Å². The summed E-state index contributed by atoms with van der Waals surface area (Å²) in [4.78, 5) is 1.14. The Labute approximate surface area is 141 Å². The summed E-state index contributed by atoms with van der Waals surface area (Å²) >= 11 is 11.3. The molecule has 2 atom stereocenters. The number of hydrogen-bond donors (Lipinski definition) is 1. The van der Waals surface area contributed by atoms with Gasteiger partial charge in [0.05, 0.1) is 14.9 Å². The van der Waals surface area contributed by atoms with Crippen LogP contribution in [0.3, 0.4) is 0 Å². The third-order valence-corrected chi connectivity index (χ3v) is 5.85. The van der Waals surface area contributed by atoms with Gasteiger partial charge < -0.3 is 14.8 Å². The maximum atomic E-state index is 6.16. The number of nitrogens with one attached hydrogen (secondary N) is 1. The van der Waals surface area contributed by atoms with Crippen LogP contribution in [-0.2, 0) is 0 Å². The topological polar surface area (TPSA) is 30.5 Å². The van der Waals surface area contributed by atoms with Gasteiger partial charge in [-0.1, -0.05) is 30.7 Å². The molecule has 0 bridgehead atoms. The first-order valence-corrected chi connectivity index (χ1v) is 8.74. The van der Waals surface area contributed by atoms with Crippen LogP contribution in [0.2, 0.25) is 5.02 Å². The number of thiophene rings is 1. The fourth-order valence-corrected chi connectivity index (χ4v) is 4.23. The molecule has 0 aliphatic carbocycles. The van der Waals surface area contributed by atoms with E-state index in [1.54, 1.807) is 11.3 Å². The SMILES string of the molecule is CCNC(c1cc(Cl)c(Br)s1)C1COc2ccccc2O1. The highest BCUT2D eigenvalue weighted by Gasteiger charge is 2.31. The number of halogens is 2. The van der Waals surface area contributed by atoms with Gasteiger partial charge in [-0.3, -0.25) is 0 Å². The summed E-state index contributed by atoms with van der Waals surface area (Å²) in [6.45, 7) is 3.44. The molecule has 1 aliphatic rings. The number of para-hydroxylation sites is 2. The van der Waals surface area contributed by atoms with Gasteiger partial charge in [0, 0.05) is 4.88 Å². The van der Waals surface area contributed by atoms with E-state index in [1.165, 1.54) is 0 Å². The smallest absolute Gasteiger partial charge is 0.161 e. The summed E-state index contributed by atoms with van der Waals surface area (Å²) in [5, 5.41) is 4.20. The second kappa shape index (κ2) is 6.57. The maximum absolute atomic E-state index is 6.16. The maximum Gasteiger partial charge on any atom is 0.161 e. The standard InChI is InChI=1S/C15H15BrClNO2S/c1-2-18-14(13-7-9(17)15(16)21-13)12-8-19-10-5-3-4-6-11(10)20-12/h3-7,12,14,18H,2,8H2,1H3. The van der Waals surface area contributed by atoms with E-state index in [-0.39, 0.29) is 12.1 Å². The summed E-state index contributed by atoms with van der Waals surface area (Å²) < 4.78 is 12.9. The Balaban J connectivity index is 1.85. The van der Waals surface area contributed by atoms with Gasteiger partial charge in [0.25, 0.3) is 0 Å². The zero-order valence-electron chi connectivity index (χ0n) is 11.4. The number of hydrogen-bond acceptors (Lipinski definition) is 4. The van der Waals surface area contributed by atoms with Gasteiger partial charge in [0.2, 0.25) is 0 Å². The third kappa shape index (κ3) is 3.21. The van der Waals surface area contributed by atoms with Gasteiger partial charge in [0.15, 0.2) is 17.6 Å². The van der Waals surface area contributed by atoms with Crippen molar-refractivity contribution in [3.63, 3.8) is 0 Å². The van der Waals surface area contributed by atoms with Crippen molar-refractivity contribution in [2.75, 3.05) is 13.2 Å². The van der Waals surface area contributed by atoms with Gasteiger partial charge in [-0.05, 0) is 40.7 Å². The van der Waals surface area contributed by atoms with Crippen LogP contribution < -0.4 is 14.8 Å². The van der Waals surface area contributed by atoms with Crippen molar-refractivity contribution in [1.82, 2.24) is 5.32 Å². The van der Waals surface area contributed by atoms with Gasteiger partial charge >= 0.3 is 0 Å². The monoisotopic (exact) mass is 387 g/mol. The second-order valence-corrected chi connectivity index (χ2v) is 7.53. The second-order valence-electron chi connectivity index (χ2n) is 4.72. The Kier molecular flexibility index (Phi) is 4.74. The fraction of sp³-hybridized carbons (Fsp3) is 0.333. The predicted molar refractivity (Wildman–Crippen MR) is 89.8 cm³/mol. The quantitative estimate of drug-likeness (QED) is 0.826. The molecule has 1 aromatic heterocycles. The van der Waals surface area contributed by atoms with Crippen LogP contribution >= 0.6 is 38.9 Å². The molecule has 0 fully saturated rings. The molecule has 0 radical (unpaired) electrons. The lowest BCUT2D eigenvalue weighted by Gasteiger charge is -2.32. The normalized spacial score (nSPS) is 18.5. The van der Waals surface area contributed by atoms with E-state index in [0.717, 1.165) is 31.7 Å². The van der Waals surface area contributed by atoms with E-state index in [2.05, 4.69) is 28.2 Å². The van der Waals surface area contributed by atoms with Gasteiger partial charge in [-0.15, -0.1) is 11.3 Å². The van der Waals surface area contributed by atoms with Crippen molar-refractivity contribution in [1.29, 1.82) is 0 Å². The first-order chi connectivity index (χ1) is 10.2. The molecule has 3 nitrogen and oxygen atoms in total. The van der Waals surface area contributed by atoms with Crippen LogP contribution in [0.25, 0.3) is 0 Å². The Morgan fingerprint density at radius 2 is 2.19 bits per heavy atom. The van der Waals surface area contributed by atoms with E-state index in [9.17, 15) is 0 Å². The first-order valence-electron chi connectivity index (χ1n) is 6.75. The molecule has 1 aliphatic heterocycles. The van der Waals surface area contributed by atoms with Crippen LogP contribution in [0.4, 0.5) is 0 Å². The average Bonchev–Trinajstić information content (AvgIpc) is 2.83. The molecule has 3 rings (SSSR count). The molecule has 6 heteroatoms. The summed E-state index contributed by atoms with van der Waals surface area (Å²) in [6, 6.07) is 9.78. The van der Waals surface area contributed by atoms with Crippen molar-refractivity contribution in [2.24, 2.45) is 0 Å². The fourth-order valence-electron chi connectivity index (χ4n) is 2.35. The molecule has 2 unspecified atom stereocenters. The minimum absolute atomic E-state index is 0.0529. The van der Waals surface area contributed by atoms with Crippen molar-refractivity contribution >= 4 is 38.9 Å². The molecule has 2 heterocycles. The lowest BCUT2D eigenvalue weighted by molar-refractivity contribution is 0.0631. The molecule has 0 saturated carbocycles. The number of benzene rings is 1. The molecular weight excluding hydrogens is 374 g/mol. The molecule has 0 spiro atoms. The van der Waals surface area contributed by atoms with Crippen LogP contribution in [0.5, 0.6) is 11.5 Å².